The summed E-state index contributed by atoms with van der Waals surface area (Å²) in [5.41, 5.74) is 0.650. The number of aliphatic hydroxyl groups is 1. The van der Waals surface area contributed by atoms with E-state index in [-0.39, 0.29) is 12.0 Å². The summed E-state index contributed by atoms with van der Waals surface area (Å²) in [5, 5.41) is 10.1. The fourth-order valence-corrected chi connectivity index (χ4v) is 4.59. The first-order valence-corrected chi connectivity index (χ1v) is 11.2. The van der Waals surface area contributed by atoms with Crippen molar-refractivity contribution in [3.63, 3.8) is 0 Å². The lowest BCUT2D eigenvalue weighted by Gasteiger charge is -2.45. The molecule has 0 aliphatic carbocycles. The summed E-state index contributed by atoms with van der Waals surface area (Å²) in [4.78, 5) is 1.04. The van der Waals surface area contributed by atoms with Gasteiger partial charge in [-0.2, -0.15) is 0 Å². The fourth-order valence-electron chi connectivity index (χ4n) is 3.45. The summed E-state index contributed by atoms with van der Waals surface area (Å²) in [6.45, 7) is 8.41. The molecule has 2 aromatic rings. The van der Waals surface area contributed by atoms with Gasteiger partial charge in [-0.15, -0.1) is 13.2 Å². The maximum Gasteiger partial charge on any atom is 0.137 e. The van der Waals surface area contributed by atoms with Crippen molar-refractivity contribution >= 4 is 11.8 Å². The molecule has 0 bridgehead atoms. The standard InChI is InChI=1S/C25H30O5S/c1-3-15-27-23-22(29-18-19-11-7-5-8-12-19)21(17-26)30-25(24(23)28-16-4-2)31-20-13-9-6-10-14-20/h3-14,21-26H,1-2,15-18H2/t21-,22-,23+,24-,25+/m1/s1. The molecule has 3 rings (SSSR count). The van der Waals surface area contributed by atoms with Crippen LogP contribution in [-0.4, -0.2) is 54.8 Å². The van der Waals surface area contributed by atoms with Crippen molar-refractivity contribution in [1.82, 2.24) is 0 Å². The van der Waals surface area contributed by atoms with Crippen molar-refractivity contribution in [3.8, 4) is 0 Å². The van der Waals surface area contributed by atoms with E-state index in [0.717, 1.165) is 10.5 Å². The third-order valence-corrected chi connectivity index (χ3v) is 6.02. The van der Waals surface area contributed by atoms with Crippen LogP contribution in [0.2, 0.25) is 0 Å². The quantitative estimate of drug-likeness (QED) is 0.497. The summed E-state index contributed by atoms with van der Waals surface area (Å²) in [5.74, 6) is 0. The van der Waals surface area contributed by atoms with E-state index in [1.807, 2.05) is 60.7 Å². The normalized spacial score (nSPS) is 25.8. The molecule has 1 aliphatic heterocycles. The first-order chi connectivity index (χ1) is 15.3. The predicted molar refractivity (Wildman–Crippen MR) is 123 cm³/mol. The zero-order valence-electron chi connectivity index (χ0n) is 17.5. The second-order valence-electron chi connectivity index (χ2n) is 7.09. The van der Waals surface area contributed by atoms with E-state index in [2.05, 4.69) is 13.2 Å². The maximum absolute atomic E-state index is 10.1. The zero-order valence-corrected chi connectivity index (χ0v) is 18.4. The minimum atomic E-state index is -0.552. The Morgan fingerprint density at radius 1 is 0.839 bits per heavy atom. The van der Waals surface area contributed by atoms with Crippen molar-refractivity contribution in [2.24, 2.45) is 0 Å². The average Bonchev–Trinajstić information content (AvgIpc) is 2.82. The average molecular weight is 443 g/mol. The molecule has 0 unspecified atom stereocenters. The lowest BCUT2D eigenvalue weighted by molar-refractivity contribution is -0.242. The van der Waals surface area contributed by atoms with Gasteiger partial charge in [0.2, 0.25) is 0 Å². The number of hydrogen-bond donors (Lipinski definition) is 1. The van der Waals surface area contributed by atoms with Crippen LogP contribution in [0.1, 0.15) is 5.56 Å². The lowest BCUT2D eigenvalue weighted by atomic mass is 9.99. The van der Waals surface area contributed by atoms with Crippen LogP contribution in [0.5, 0.6) is 0 Å². The van der Waals surface area contributed by atoms with E-state index in [0.29, 0.717) is 19.8 Å². The van der Waals surface area contributed by atoms with Gasteiger partial charge in [0.1, 0.15) is 29.9 Å². The summed E-state index contributed by atoms with van der Waals surface area (Å²) >= 11 is 1.54. The van der Waals surface area contributed by atoms with Gasteiger partial charge >= 0.3 is 0 Å². The topological polar surface area (TPSA) is 57.2 Å². The third-order valence-electron chi connectivity index (χ3n) is 4.86. The molecule has 0 radical (unpaired) electrons. The zero-order chi connectivity index (χ0) is 21.9. The summed E-state index contributed by atoms with van der Waals surface area (Å²) < 4.78 is 24.8. The number of hydrogen-bond acceptors (Lipinski definition) is 6. The van der Waals surface area contributed by atoms with Crippen molar-refractivity contribution < 1.29 is 24.1 Å². The first-order valence-electron chi connectivity index (χ1n) is 10.4. The van der Waals surface area contributed by atoms with Crippen molar-refractivity contribution in [2.45, 2.75) is 41.4 Å². The monoisotopic (exact) mass is 442 g/mol. The van der Waals surface area contributed by atoms with Gasteiger partial charge in [-0.25, -0.2) is 0 Å². The van der Waals surface area contributed by atoms with Gasteiger partial charge in [0.25, 0.3) is 0 Å². The fraction of sp³-hybridized carbons (Fsp3) is 0.360. The van der Waals surface area contributed by atoms with E-state index in [1.54, 1.807) is 23.9 Å². The van der Waals surface area contributed by atoms with Gasteiger partial charge in [-0.05, 0) is 17.7 Å². The van der Waals surface area contributed by atoms with Crippen molar-refractivity contribution in [2.75, 3.05) is 19.8 Å². The third kappa shape index (κ3) is 6.77. The van der Waals surface area contributed by atoms with Crippen LogP contribution in [0.4, 0.5) is 0 Å². The molecule has 1 fully saturated rings. The van der Waals surface area contributed by atoms with E-state index >= 15 is 0 Å². The van der Waals surface area contributed by atoms with E-state index in [1.165, 1.54) is 0 Å². The highest BCUT2D eigenvalue weighted by Crippen LogP contribution is 2.37. The van der Waals surface area contributed by atoms with Gasteiger partial charge in [-0.1, -0.05) is 72.4 Å². The smallest absolute Gasteiger partial charge is 0.137 e. The number of aliphatic hydroxyl groups excluding tert-OH is 1. The molecular weight excluding hydrogens is 412 g/mol. The van der Waals surface area contributed by atoms with Crippen LogP contribution in [0.15, 0.2) is 90.9 Å². The Hall–Kier alpha value is -1.93. The van der Waals surface area contributed by atoms with E-state index in [9.17, 15) is 5.11 Å². The van der Waals surface area contributed by atoms with E-state index < -0.39 is 24.4 Å². The highest BCUT2D eigenvalue weighted by atomic mass is 32.2. The summed E-state index contributed by atoms with van der Waals surface area (Å²) in [6.07, 6.45) is 1.46. The molecule has 5 nitrogen and oxygen atoms in total. The van der Waals surface area contributed by atoms with Crippen LogP contribution >= 0.6 is 11.8 Å². The number of ether oxygens (including phenoxy) is 4. The van der Waals surface area contributed by atoms with Crippen molar-refractivity contribution in [3.05, 3.63) is 91.5 Å². The minimum Gasteiger partial charge on any atom is -0.394 e. The summed E-state index contributed by atoms with van der Waals surface area (Å²) in [7, 11) is 0. The Morgan fingerprint density at radius 2 is 1.45 bits per heavy atom. The van der Waals surface area contributed by atoms with Gasteiger partial charge < -0.3 is 24.1 Å². The second-order valence-corrected chi connectivity index (χ2v) is 8.26. The minimum absolute atomic E-state index is 0.187. The number of rotatable bonds is 12. The molecule has 1 aliphatic rings. The molecule has 2 aromatic carbocycles. The lowest BCUT2D eigenvalue weighted by Crippen LogP contribution is -2.60. The Kier molecular flexibility index (Phi) is 9.81. The maximum atomic E-state index is 10.1. The molecule has 0 spiro atoms. The molecule has 166 valence electrons. The first kappa shape index (κ1) is 23.7. The molecule has 1 N–H and O–H groups in total. The summed E-state index contributed by atoms with van der Waals surface area (Å²) in [6, 6.07) is 19.9. The molecule has 6 heteroatoms. The molecule has 1 heterocycles. The van der Waals surface area contributed by atoms with Crippen LogP contribution in [0, 0.1) is 0 Å². The molecule has 0 aromatic heterocycles. The molecule has 0 saturated carbocycles. The largest absolute Gasteiger partial charge is 0.394 e. The molecule has 0 amide bonds. The number of thioether (sulfide) groups is 1. The SMILES string of the molecule is C=CCO[C@@H]1[C@@H](OCC=C)[C@H](Sc2ccccc2)O[C@H](CO)[C@H]1OCc1ccccc1. The van der Waals surface area contributed by atoms with Gasteiger partial charge in [0.05, 0.1) is 26.4 Å². The van der Waals surface area contributed by atoms with Crippen LogP contribution in [-0.2, 0) is 25.6 Å². The highest BCUT2D eigenvalue weighted by molar-refractivity contribution is 7.99. The highest BCUT2D eigenvalue weighted by Gasteiger charge is 2.48. The number of benzene rings is 2. The van der Waals surface area contributed by atoms with Crippen LogP contribution in [0.25, 0.3) is 0 Å². The van der Waals surface area contributed by atoms with Gasteiger partial charge in [-0.3, -0.25) is 0 Å². The predicted octanol–water partition coefficient (Wildman–Crippen LogP) is 4.22. The van der Waals surface area contributed by atoms with Crippen LogP contribution in [0.3, 0.4) is 0 Å². The Balaban J connectivity index is 1.84. The Labute approximate surface area is 188 Å². The van der Waals surface area contributed by atoms with Crippen molar-refractivity contribution in [1.29, 1.82) is 0 Å². The molecule has 31 heavy (non-hydrogen) atoms. The molecular formula is C25H30O5S. The molecule has 1 saturated heterocycles. The second kappa shape index (κ2) is 12.8. The van der Waals surface area contributed by atoms with E-state index in [4.69, 9.17) is 18.9 Å². The molecule has 5 atom stereocenters. The Bertz CT molecular complexity index is 785. The van der Waals surface area contributed by atoms with Crippen LogP contribution < -0.4 is 0 Å². The van der Waals surface area contributed by atoms with Gasteiger partial charge in [0.15, 0.2) is 0 Å². The Morgan fingerprint density at radius 3 is 2.06 bits per heavy atom. The van der Waals surface area contributed by atoms with Gasteiger partial charge in [0, 0.05) is 4.90 Å².